The standard InChI is InChI=1S/C14H15BrN2OS/c1-8-6-19-7-10(8)5-17-14(18)12-3-11(15)4-13(16)9(12)2/h3-4,6-7H,5,16H2,1-2H3,(H,17,18). The Morgan fingerprint density at radius 1 is 1.37 bits per heavy atom. The van der Waals surface area contributed by atoms with Crippen molar-refractivity contribution >= 4 is 38.9 Å². The number of amides is 1. The van der Waals surface area contributed by atoms with Crippen LogP contribution in [-0.4, -0.2) is 5.91 Å². The second-order valence-corrected chi connectivity index (χ2v) is 6.09. The van der Waals surface area contributed by atoms with Crippen LogP contribution in [0.1, 0.15) is 27.0 Å². The van der Waals surface area contributed by atoms with Gasteiger partial charge in [0.25, 0.3) is 5.91 Å². The van der Waals surface area contributed by atoms with E-state index in [4.69, 9.17) is 5.73 Å². The third kappa shape index (κ3) is 3.16. The number of nitrogen functional groups attached to an aromatic ring is 1. The second kappa shape index (κ2) is 5.75. The van der Waals surface area contributed by atoms with E-state index < -0.39 is 0 Å². The summed E-state index contributed by atoms with van der Waals surface area (Å²) in [6.45, 7) is 4.44. The van der Waals surface area contributed by atoms with Crippen molar-refractivity contribution in [3.05, 3.63) is 49.6 Å². The van der Waals surface area contributed by atoms with Gasteiger partial charge in [0.15, 0.2) is 0 Å². The van der Waals surface area contributed by atoms with Crippen LogP contribution in [0, 0.1) is 13.8 Å². The molecule has 0 aliphatic heterocycles. The van der Waals surface area contributed by atoms with Crippen molar-refractivity contribution in [1.82, 2.24) is 5.32 Å². The highest BCUT2D eigenvalue weighted by atomic mass is 79.9. The molecule has 0 aliphatic carbocycles. The Balaban J connectivity index is 2.15. The van der Waals surface area contributed by atoms with Gasteiger partial charge >= 0.3 is 0 Å². The molecule has 0 bridgehead atoms. The van der Waals surface area contributed by atoms with E-state index in [-0.39, 0.29) is 5.91 Å². The van der Waals surface area contributed by atoms with E-state index in [1.807, 2.05) is 13.8 Å². The van der Waals surface area contributed by atoms with Crippen molar-refractivity contribution in [1.29, 1.82) is 0 Å². The first-order chi connectivity index (χ1) is 8.99. The molecule has 0 saturated heterocycles. The highest BCUT2D eigenvalue weighted by Gasteiger charge is 2.12. The molecule has 0 saturated carbocycles. The quantitative estimate of drug-likeness (QED) is 0.839. The second-order valence-electron chi connectivity index (χ2n) is 4.43. The molecule has 19 heavy (non-hydrogen) atoms. The van der Waals surface area contributed by atoms with Gasteiger partial charge in [-0.25, -0.2) is 0 Å². The zero-order valence-electron chi connectivity index (χ0n) is 10.8. The first-order valence-electron chi connectivity index (χ1n) is 5.84. The van der Waals surface area contributed by atoms with Crippen molar-refractivity contribution in [2.24, 2.45) is 0 Å². The van der Waals surface area contributed by atoms with Crippen molar-refractivity contribution in [2.75, 3.05) is 5.73 Å². The number of carbonyl (C=O) groups excluding carboxylic acids is 1. The Morgan fingerprint density at radius 2 is 2.11 bits per heavy atom. The van der Waals surface area contributed by atoms with Gasteiger partial charge in [0.2, 0.25) is 0 Å². The van der Waals surface area contributed by atoms with E-state index in [9.17, 15) is 4.79 Å². The predicted molar refractivity (Wildman–Crippen MR) is 83.5 cm³/mol. The number of anilines is 1. The number of rotatable bonds is 3. The monoisotopic (exact) mass is 338 g/mol. The van der Waals surface area contributed by atoms with E-state index in [1.54, 1.807) is 23.5 Å². The summed E-state index contributed by atoms with van der Waals surface area (Å²) in [5.74, 6) is -0.101. The molecular weight excluding hydrogens is 324 g/mol. The van der Waals surface area contributed by atoms with Crippen LogP contribution in [0.4, 0.5) is 5.69 Å². The first-order valence-corrected chi connectivity index (χ1v) is 7.58. The van der Waals surface area contributed by atoms with Crippen LogP contribution >= 0.6 is 27.3 Å². The Labute approximate surface area is 125 Å². The third-order valence-electron chi connectivity index (χ3n) is 3.06. The van der Waals surface area contributed by atoms with E-state index in [2.05, 4.69) is 32.0 Å². The number of nitrogens with two attached hydrogens (primary N) is 1. The molecule has 5 heteroatoms. The Hall–Kier alpha value is -1.33. The van der Waals surface area contributed by atoms with Gasteiger partial charge in [-0.05, 0) is 53.4 Å². The highest BCUT2D eigenvalue weighted by molar-refractivity contribution is 9.10. The van der Waals surface area contributed by atoms with Crippen LogP contribution < -0.4 is 11.1 Å². The number of aryl methyl sites for hydroxylation is 1. The average Bonchev–Trinajstić information content (AvgIpc) is 2.76. The van der Waals surface area contributed by atoms with Crippen LogP contribution in [0.2, 0.25) is 0 Å². The molecule has 1 heterocycles. The van der Waals surface area contributed by atoms with E-state index >= 15 is 0 Å². The maximum Gasteiger partial charge on any atom is 0.251 e. The van der Waals surface area contributed by atoms with Crippen molar-refractivity contribution in [2.45, 2.75) is 20.4 Å². The van der Waals surface area contributed by atoms with Crippen molar-refractivity contribution in [3.63, 3.8) is 0 Å². The van der Waals surface area contributed by atoms with Gasteiger partial charge in [0.1, 0.15) is 0 Å². The SMILES string of the molecule is Cc1cscc1CNC(=O)c1cc(Br)cc(N)c1C. The van der Waals surface area contributed by atoms with Crippen LogP contribution in [-0.2, 0) is 6.54 Å². The molecule has 2 aromatic rings. The maximum atomic E-state index is 12.2. The summed E-state index contributed by atoms with van der Waals surface area (Å²) in [5.41, 5.74) is 10.3. The lowest BCUT2D eigenvalue weighted by Gasteiger charge is -2.10. The predicted octanol–water partition coefficient (Wildman–Crippen LogP) is 3.64. The number of hydrogen-bond donors (Lipinski definition) is 2. The van der Waals surface area contributed by atoms with E-state index in [0.717, 1.165) is 15.6 Å². The Morgan fingerprint density at radius 3 is 2.74 bits per heavy atom. The normalized spacial score (nSPS) is 10.5. The molecule has 3 nitrogen and oxygen atoms in total. The fourth-order valence-electron chi connectivity index (χ4n) is 1.77. The summed E-state index contributed by atoms with van der Waals surface area (Å²) in [6.07, 6.45) is 0. The zero-order chi connectivity index (χ0) is 14.0. The Bertz CT molecular complexity index is 622. The number of nitrogens with one attached hydrogen (secondary N) is 1. The Kier molecular flexibility index (Phi) is 4.27. The number of halogens is 1. The topological polar surface area (TPSA) is 55.1 Å². The zero-order valence-corrected chi connectivity index (χ0v) is 13.2. The molecule has 0 aliphatic rings. The number of thiophene rings is 1. The molecule has 1 aromatic carbocycles. The summed E-state index contributed by atoms with van der Waals surface area (Å²) >= 11 is 5.00. The molecule has 1 aromatic heterocycles. The van der Waals surface area contributed by atoms with E-state index in [0.29, 0.717) is 17.8 Å². The van der Waals surface area contributed by atoms with Crippen LogP contribution in [0.3, 0.4) is 0 Å². The molecule has 0 unspecified atom stereocenters. The number of benzene rings is 1. The van der Waals surface area contributed by atoms with Gasteiger partial charge in [-0.1, -0.05) is 15.9 Å². The summed E-state index contributed by atoms with van der Waals surface area (Å²) < 4.78 is 0.812. The fraction of sp³-hybridized carbons (Fsp3) is 0.214. The van der Waals surface area contributed by atoms with Crippen LogP contribution in [0.15, 0.2) is 27.4 Å². The summed E-state index contributed by atoms with van der Waals surface area (Å²) in [4.78, 5) is 12.2. The minimum Gasteiger partial charge on any atom is -0.398 e. The molecule has 0 spiro atoms. The first kappa shape index (κ1) is 14.1. The molecule has 2 rings (SSSR count). The molecule has 1 amide bonds. The fourth-order valence-corrected chi connectivity index (χ4v) is 3.11. The molecule has 100 valence electrons. The van der Waals surface area contributed by atoms with E-state index in [1.165, 1.54) is 5.56 Å². The van der Waals surface area contributed by atoms with Gasteiger partial charge < -0.3 is 11.1 Å². The van der Waals surface area contributed by atoms with Gasteiger partial charge in [-0.3, -0.25) is 4.79 Å². The lowest BCUT2D eigenvalue weighted by molar-refractivity contribution is 0.0950. The minimum absolute atomic E-state index is 0.101. The summed E-state index contributed by atoms with van der Waals surface area (Å²) in [6, 6.07) is 3.59. The molecule has 0 fully saturated rings. The number of carbonyl (C=O) groups is 1. The van der Waals surface area contributed by atoms with Gasteiger partial charge in [0, 0.05) is 22.3 Å². The summed E-state index contributed by atoms with van der Waals surface area (Å²) in [7, 11) is 0. The molecule has 0 atom stereocenters. The molecule has 3 N–H and O–H groups in total. The number of hydrogen-bond acceptors (Lipinski definition) is 3. The molecule has 0 radical (unpaired) electrons. The maximum absolute atomic E-state index is 12.2. The lowest BCUT2D eigenvalue weighted by Crippen LogP contribution is -2.24. The largest absolute Gasteiger partial charge is 0.398 e. The van der Waals surface area contributed by atoms with Crippen LogP contribution in [0.5, 0.6) is 0 Å². The van der Waals surface area contributed by atoms with Gasteiger partial charge in [0.05, 0.1) is 0 Å². The average molecular weight is 339 g/mol. The van der Waals surface area contributed by atoms with Gasteiger partial charge in [-0.15, -0.1) is 0 Å². The highest BCUT2D eigenvalue weighted by Crippen LogP contribution is 2.23. The van der Waals surface area contributed by atoms with Crippen molar-refractivity contribution in [3.8, 4) is 0 Å². The minimum atomic E-state index is -0.101. The lowest BCUT2D eigenvalue weighted by atomic mass is 10.1. The molecular formula is C14H15BrN2OS. The summed E-state index contributed by atoms with van der Waals surface area (Å²) in [5, 5.41) is 7.06. The van der Waals surface area contributed by atoms with Crippen LogP contribution in [0.25, 0.3) is 0 Å². The third-order valence-corrected chi connectivity index (χ3v) is 4.43. The van der Waals surface area contributed by atoms with Crippen molar-refractivity contribution < 1.29 is 4.79 Å². The van der Waals surface area contributed by atoms with Gasteiger partial charge in [-0.2, -0.15) is 11.3 Å². The smallest absolute Gasteiger partial charge is 0.251 e.